The van der Waals surface area contributed by atoms with Crippen LogP contribution in [0.2, 0.25) is 0 Å². The molecule has 3 nitrogen and oxygen atoms in total. The van der Waals surface area contributed by atoms with Crippen molar-refractivity contribution in [2.24, 2.45) is 11.3 Å². The first-order valence-electron chi connectivity index (χ1n) is 4.90. The fourth-order valence-electron chi connectivity index (χ4n) is 1.32. The van der Waals surface area contributed by atoms with Crippen LogP contribution in [0, 0.1) is 11.3 Å². The molecule has 0 N–H and O–H groups in total. The Hall–Kier alpha value is -0.700. The van der Waals surface area contributed by atoms with E-state index < -0.39 is 11.3 Å². The molecule has 0 aromatic heterocycles. The number of ketones is 2. The van der Waals surface area contributed by atoms with Gasteiger partial charge in [0.25, 0.3) is 0 Å². The van der Waals surface area contributed by atoms with Crippen LogP contribution in [-0.4, -0.2) is 25.3 Å². The minimum atomic E-state index is -0.505. The molecule has 0 rings (SSSR count). The van der Waals surface area contributed by atoms with Crippen LogP contribution in [0.25, 0.3) is 0 Å². The van der Waals surface area contributed by atoms with Crippen LogP contribution in [0.3, 0.4) is 0 Å². The lowest BCUT2D eigenvalue weighted by Crippen LogP contribution is -2.34. The van der Waals surface area contributed by atoms with Gasteiger partial charge in [-0.05, 0) is 6.42 Å². The van der Waals surface area contributed by atoms with Crippen molar-refractivity contribution in [1.82, 2.24) is 0 Å². The van der Waals surface area contributed by atoms with Gasteiger partial charge in [-0.3, -0.25) is 9.59 Å². The molecular weight excluding hydrogens is 180 g/mol. The molecule has 14 heavy (non-hydrogen) atoms. The summed E-state index contributed by atoms with van der Waals surface area (Å²) >= 11 is 0. The van der Waals surface area contributed by atoms with Gasteiger partial charge in [0, 0.05) is 12.5 Å². The molecule has 82 valence electrons. The van der Waals surface area contributed by atoms with Crippen LogP contribution in [-0.2, 0) is 14.3 Å². The van der Waals surface area contributed by atoms with Gasteiger partial charge in [-0.25, -0.2) is 0 Å². The fourth-order valence-corrected chi connectivity index (χ4v) is 1.32. The summed E-state index contributed by atoms with van der Waals surface area (Å²) in [5, 5.41) is 0. The molecule has 0 aromatic rings. The Labute approximate surface area is 85.8 Å². The van der Waals surface area contributed by atoms with Crippen molar-refractivity contribution in [3.05, 3.63) is 0 Å². The molecule has 0 amide bonds. The summed E-state index contributed by atoms with van der Waals surface area (Å²) in [7, 11) is 1.46. The Balaban J connectivity index is 4.57. The van der Waals surface area contributed by atoms with Gasteiger partial charge in [0.2, 0.25) is 0 Å². The molecule has 0 aliphatic carbocycles. The third-order valence-corrected chi connectivity index (χ3v) is 2.14. The van der Waals surface area contributed by atoms with Crippen molar-refractivity contribution >= 4 is 11.6 Å². The molecular formula is C11H20O3. The highest BCUT2D eigenvalue weighted by molar-refractivity contribution is 6.04. The summed E-state index contributed by atoms with van der Waals surface area (Å²) in [6, 6.07) is 0. The van der Waals surface area contributed by atoms with Gasteiger partial charge < -0.3 is 4.74 Å². The molecule has 3 heteroatoms. The van der Waals surface area contributed by atoms with E-state index in [1.807, 2.05) is 27.7 Å². The Morgan fingerprint density at radius 3 is 2.07 bits per heavy atom. The maximum atomic E-state index is 11.8. The summed E-state index contributed by atoms with van der Waals surface area (Å²) in [6.45, 7) is 7.37. The van der Waals surface area contributed by atoms with Crippen molar-refractivity contribution in [2.45, 2.75) is 34.1 Å². The summed E-state index contributed by atoms with van der Waals surface area (Å²) < 4.78 is 4.75. The largest absolute Gasteiger partial charge is 0.377 e. The number of hydrogen-bond donors (Lipinski definition) is 0. The molecule has 0 fully saturated rings. The maximum Gasteiger partial charge on any atom is 0.168 e. The normalized spacial score (nSPS) is 13.8. The second kappa shape index (κ2) is 5.25. The zero-order valence-corrected chi connectivity index (χ0v) is 9.72. The number of Topliss-reactive ketones (excluding diaryl/α,β-unsaturated/α-hetero) is 2. The molecule has 1 atom stereocenters. The minimum Gasteiger partial charge on any atom is -0.377 e. The fraction of sp³-hybridized carbons (Fsp3) is 0.818. The Morgan fingerprint density at radius 2 is 1.79 bits per heavy atom. The van der Waals surface area contributed by atoms with Crippen LogP contribution in [0.15, 0.2) is 0 Å². The van der Waals surface area contributed by atoms with Crippen LogP contribution >= 0.6 is 0 Å². The van der Waals surface area contributed by atoms with E-state index in [2.05, 4.69) is 0 Å². The predicted molar refractivity (Wildman–Crippen MR) is 55.1 cm³/mol. The number of ether oxygens (including phenoxy) is 1. The number of carbonyl (C=O) groups is 2. The SMILES string of the molecule is CCC(C(=O)COC)C(=O)C(C)(C)C. The summed E-state index contributed by atoms with van der Waals surface area (Å²) in [5.41, 5.74) is -0.454. The smallest absolute Gasteiger partial charge is 0.168 e. The number of carbonyl (C=O) groups excluding carboxylic acids is 2. The van der Waals surface area contributed by atoms with Crippen LogP contribution in [0.5, 0.6) is 0 Å². The predicted octanol–water partition coefficient (Wildman–Crippen LogP) is 1.84. The van der Waals surface area contributed by atoms with Crippen LogP contribution in [0.1, 0.15) is 34.1 Å². The van der Waals surface area contributed by atoms with E-state index in [0.29, 0.717) is 6.42 Å². The van der Waals surface area contributed by atoms with E-state index in [1.54, 1.807) is 0 Å². The Bertz CT molecular complexity index is 213. The van der Waals surface area contributed by atoms with Crippen molar-refractivity contribution < 1.29 is 14.3 Å². The number of methoxy groups -OCH3 is 1. The molecule has 0 aliphatic rings. The lowest BCUT2D eigenvalue weighted by Gasteiger charge is -2.22. The zero-order valence-electron chi connectivity index (χ0n) is 9.72. The van der Waals surface area contributed by atoms with Crippen LogP contribution < -0.4 is 0 Å². The second-order valence-electron chi connectivity index (χ2n) is 4.47. The van der Waals surface area contributed by atoms with Crippen molar-refractivity contribution in [2.75, 3.05) is 13.7 Å². The second-order valence-corrected chi connectivity index (χ2v) is 4.47. The summed E-state index contributed by atoms with van der Waals surface area (Å²) in [6.07, 6.45) is 0.554. The molecule has 0 spiro atoms. The van der Waals surface area contributed by atoms with E-state index in [0.717, 1.165) is 0 Å². The highest BCUT2D eigenvalue weighted by Gasteiger charge is 2.32. The quantitative estimate of drug-likeness (QED) is 0.636. The maximum absolute atomic E-state index is 11.8. The van der Waals surface area contributed by atoms with Gasteiger partial charge in [-0.1, -0.05) is 27.7 Å². The summed E-state index contributed by atoms with van der Waals surface area (Å²) in [4.78, 5) is 23.4. The van der Waals surface area contributed by atoms with Crippen molar-refractivity contribution in [3.8, 4) is 0 Å². The molecule has 0 aromatic carbocycles. The van der Waals surface area contributed by atoms with Gasteiger partial charge in [0.05, 0.1) is 5.92 Å². The van der Waals surface area contributed by atoms with Crippen LogP contribution in [0.4, 0.5) is 0 Å². The van der Waals surface area contributed by atoms with Gasteiger partial charge in [0.1, 0.15) is 12.4 Å². The highest BCUT2D eigenvalue weighted by atomic mass is 16.5. The van der Waals surface area contributed by atoms with E-state index in [4.69, 9.17) is 4.74 Å². The first kappa shape index (κ1) is 13.3. The molecule has 0 radical (unpaired) electrons. The average molecular weight is 200 g/mol. The first-order chi connectivity index (χ1) is 6.34. The van der Waals surface area contributed by atoms with Gasteiger partial charge in [0.15, 0.2) is 5.78 Å². The summed E-state index contributed by atoms with van der Waals surface area (Å²) in [5.74, 6) is -0.619. The van der Waals surface area contributed by atoms with Crippen molar-refractivity contribution in [1.29, 1.82) is 0 Å². The molecule has 0 aliphatic heterocycles. The Morgan fingerprint density at radius 1 is 1.29 bits per heavy atom. The topological polar surface area (TPSA) is 43.4 Å². The molecule has 0 saturated carbocycles. The zero-order chi connectivity index (χ0) is 11.4. The van der Waals surface area contributed by atoms with Gasteiger partial charge in [-0.15, -0.1) is 0 Å². The lowest BCUT2D eigenvalue weighted by molar-refractivity contribution is -0.139. The Kier molecular flexibility index (Phi) is 4.99. The molecule has 0 bridgehead atoms. The third-order valence-electron chi connectivity index (χ3n) is 2.14. The van der Waals surface area contributed by atoms with E-state index >= 15 is 0 Å². The number of hydrogen-bond acceptors (Lipinski definition) is 3. The average Bonchev–Trinajstić information content (AvgIpc) is 2.04. The van der Waals surface area contributed by atoms with Crippen molar-refractivity contribution in [3.63, 3.8) is 0 Å². The van der Waals surface area contributed by atoms with E-state index in [9.17, 15) is 9.59 Å². The standard InChI is InChI=1S/C11H20O3/c1-6-8(9(12)7-14-5)10(13)11(2,3)4/h8H,6-7H2,1-5H3. The van der Waals surface area contributed by atoms with Gasteiger partial charge >= 0.3 is 0 Å². The first-order valence-corrected chi connectivity index (χ1v) is 4.90. The monoisotopic (exact) mass is 200 g/mol. The minimum absolute atomic E-state index is 0.00190. The lowest BCUT2D eigenvalue weighted by atomic mass is 9.80. The van der Waals surface area contributed by atoms with E-state index in [1.165, 1.54) is 7.11 Å². The number of rotatable bonds is 5. The third kappa shape index (κ3) is 3.58. The molecule has 0 heterocycles. The van der Waals surface area contributed by atoms with Gasteiger partial charge in [-0.2, -0.15) is 0 Å². The van der Waals surface area contributed by atoms with E-state index in [-0.39, 0.29) is 18.2 Å². The molecule has 0 saturated heterocycles. The molecule has 1 unspecified atom stereocenters. The highest BCUT2D eigenvalue weighted by Crippen LogP contribution is 2.22.